The highest BCUT2D eigenvalue weighted by atomic mass is 35.5. The minimum atomic E-state index is -0.148. The van der Waals surface area contributed by atoms with Crippen LogP contribution in [0, 0.1) is 12.8 Å². The van der Waals surface area contributed by atoms with Gasteiger partial charge in [0.25, 0.3) is 5.91 Å². The lowest BCUT2D eigenvalue weighted by atomic mass is 9.81. The Morgan fingerprint density at radius 2 is 2.00 bits per heavy atom. The molecule has 1 aliphatic carbocycles. The molecule has 30 heavy (non-hydrogen) atoms. The first-order chi connectivity index (χ1) is 14.6. The molecule has 0 bridgehead atoms. The number of carbonyl (C=O) groups excluding carboxylic acids is 1. The summed E-state index contributed by atoms with van der Waals surface area (Å²) < 4.78 is 0. The molecule has 3 aromatic heterocycles. The lowest BCUT2D eigenvalue weighted by Gasteiger charge is -2.31. The van der Waals surface area contributed by atoms with Gasteiger partial charge in [-0.3, -0.25) is 9.78 Å². The number of rotatable bonds is 6. The van der Waals surface area contributed by atoms with Crippen LogP contribution in [-0.2, 0) is 0 Å². The van der Waals surface area contributed by atoms with E-state index in [1.807, 2.05) is 30.5 Å². The summed E-state index contributed by atoms with van der Waals surface area (Å²) in [6.07, 6.45) is 11.0. The zero-order valence-corrected chi connectivity index (χ0v) is 18.3. The monoisotopic (exact) mass is 441 g/mol. The van der Waals surface area contributed by atoms with Crippen molar-refractivity contribution < 1.29 is 4.79 Å². The molecule has 0 saturated heterocycles. The van der Waals surface area contributed by atoms with Gasteiger partial charge in [-0.15, -0.1) is 11.3 Å². The number of halogens is 1. The van der Waals surface area contributed by atoms with Crippen molar-refractivity contribution in [3.8, 4) is 0 Å². The highest BCUT2D eigenvalue weighted by Crippen LogP contribution is 2.36. The molecule has 3 aromatic rings. The summed E-state index contributed by atoms with van der Waals surface area (Å²) in [5.41, 5.74) is 2.69. The summed E-state index contributed by atoms with van der Waals surface area (Å²) in [4.78, 5) is 25.7. The van der Waals surface area contributed by atoms with Crippen LogP contribution in [0.2, 0.25) is 5.02 Å². The molecule has 0 radical (unpaired) electrons. The van der Waals surface area contributed by atoms with Crippen LogP contribution in [0.1, 0.15) is 59.2 Å². The van der Waals surface area contributed by atoms with Gasteiger partial charge in [0.1, 0.15) is 5.82 Å². The van der Waals surface area contributed by atoms with Gasteiger partial charge in [-0.1, -0.05) is 30.9 Å². The number of hydrogen-bond acceptors (Lipinski definition) is 6. The molecule has 1 amide bonds. The first-order valence-electron chi connectivity index (χ1n) is 10.2. The number of nitrogens with zero attached hydrogens (tertiary/aromatic N) is 3. The van der Waals surface area contributed by atoms with Crippen LogP contribution >= 0.6 is 22.9 Å². The van der Waals surface area contributed by atoms with E-state index < -0.39 is 0 Å². The molecule has 2 N–H and O–H groups in total. The zero-order valence-electron chi connectivity index (χ0n) is 16.8. The van der Waals surface area contributed by atoms with Gasteiger partial charge in [-0.25, -0.2) is 9.97 Å². The maximum absolute atomic E-state index is 12.7. The second kappa shape index (κ2) is 9.53. The number of hydrogen-bond donors (Lipinski definition) is 2. The van der Waals surface area contributed by atoms with Gasteiger partial charge in [-0.2, -0.15) is 0 Å². The third kappa shape index (κ3) is 4.96. The molecule has 8 heteroatoms. The maximum Gasteiger partial charge on any atom is 0.280 e. The number of thiazole rings is 1. The van der Waals surface area contributed by atoms with Gasteiger partial charge in [0, 0.05) is 23.5 Å². The lowest BCUT2D eigenvalue weighted by Crippen LogP contribution is -2.34. The normalized spacial score (nSPS) is 15.5. The molecule has 3 heterocycles. The zero-order chi connectivity index (χ0) is 20.9. The van der Waals surface area contributed by atoms with Gasteiger partial charge in [0.2, 0.25) is 0 Å². The summed E-state index contributed by atoms with van der Waals surface area (Å²) in [7, 11) is 0. The molecule has 4 rings (SSSR count). The van der Waals surface area contributed by atoms with Crippen LogP contribution in [-0.4, -0.2) is 20.9 Å². The number of aryl methyl sites for hydroxylation is 1. The van der Waals surface area contributed by atoms with Crippen molar-refractivity contribution in [1.82, 2.24) is 20.3 Å². The fourth-order valence-electron chi connectivity index (χ4n) is 3.87. The fourth-order valence-corrected chi connectivity index (χ4v) is 4.63. The number of amides is 1. The van der Waals surface area contributed by atoms with Gasteiger partial charge in [0.15, 0.2) is 5.01 Å². The van der Waals surface area contributed by atoms with E-state index in [0.29, 0.717) is 21.8 Å². The topological polar surface area (TPSA) is 79.8 Å². The molecule has 0 spiro atoms. The predicted octanol–water partition coefficient (Wildman–Crippen LogP) is 5.69. The summed E-state index contributed by atoms with van der Waals surface area (Å²) in [5.74, 6) is 0.782. The number of pyridine rings is 2. The smallest absolute Gasteiger partial charge is 0.280 e. The van der Waals surface area contributed by atoms with E-state index in [0.717, 1.165) is 29.8 Å². The van der Waals surface area contributed by atoms with Crippen molar-refractivity contribution in [2.45, 2.75) is 45.1 Å². The van der Waals surface area contributed by atoms with E-state index >= 15 is 0 Å². The van der Waals surface area contributed by atoms with Crippen molar-refractivity contribution in [3.63, 3.8) is 0 Å². The predicted molar refractivity (Wildman–Crippen MR) is 120 cm³/mol. The second-order valence-electron chi connectivity index (χ2n) is 7.60. The third-order valence-corrected chi connectivity index (χ3v) is 6.49. The summed E-state index contributed by atoms with van der Waals surface area (Å²) in [6.45, 7) is 1.94. The van der Waals surface area contributed by atoms with Gasteiger partial charge >= 0.3 is 0 Å². The Balaban J connectivity index is 1.57. The van der Waals surface area contributed by atoms with Gasteiger partial charge in [-0.05, 0) is 49.4 Å². The van der Waals surface area contributed by atoms with Crippen LogP contribution < -0.4 is 10.6 Å². The number of anilines is 2. The van der Waals surface area contributed by atoms with Crippen molar-refractivity contribution in [2.75, 3.05) is 5.32 Å². The largest absolute Gasteiger partial charge is 0.343 e. The van der Waals surface area contributed by atoms with Crippen LogP contribution in [0.15, 0.2) is 42.2 Å². The number of carbonyl (C=O) groups is 1. The van der Waals surface area contributed by atoms with Crippen LogP contribution in [0.5, 0.6) is 0 Å². The highest BCUT2D eigenvalue weighted by molar-refractivity contribution is 7.11. The lowest BCUT2D eigenvalue weighted by molar-refractivity contribution is 0.0912. The van der Waals surface area contributed by atoms with Crippen molar-refractivity contribution >= 4 is 40.4 Å². The Labute approximate surface area is 185 Å². The minimum absolute atomic E-state index is 0.137. The summed E-state index contributed by atoms with van der Waals surface area (Å²) in [5, 5.41) is 9.19. The standard InChI is InChI=1S/C22H24ClN5OS/c1-14-7-8-17(13-25-14)27-20-18(23)11-16(12-26-20)19(15-5-3-2-4-6-15)28-21(29)22-24-9-10-30-22/h7-13,15,19H,2-6H2,1H3,(H,26,27)(H,28,29)/t19-/m1/s1. The molecule has 1 fully saturated rings. The SMILES string of the molecule is Cc1ccc(Nc2ncc([C@H](NC(=O)c3nccs3)C3CCCCC3)cc2Cl)cn1. The maximum atomic E-state index is 12.7. The Morgan fingerprint density at radius 3 is 2.67 bits per heavy atom. The van der Waals surface area contributed by atoms with E-state index in [4.69, 9.17) is 11.6 Å². The van der Waals surface area contributed by atoms with E-state index in [2.05, 4.69) is 25.6 Å². The molecular weight excluding hydrogens is 418 g/mol. The van der Waals surface area contributed by atoms with Gasteiger partial charge < -0.3 is 10.6 Å². The van der Waals surface area contributed by atoms with E-state index in [9.17, 15) is 4.79 Å². The Hall–Kier alpha value is -2.51. The highest BCUT2D eigenvalue weighted by Gasteiger charge is 2.28. The van der Waals surface area contributed by atoms with Crippen LogP contribution in [0.3, 0.4) is 0 Å². The van der Waals surface area contributed by atoms with Gasteiger partial charge in [0.05, 0.1) is 22.9 Å². The van der Waals surface area contributed by atoms with Crippen molar-refractivity contribution in [2.24, 2.45) is 5.92 Å². The molecule has 0 aromatic carbocycles. The summed E-state index contributed by atoms with van der Waals surface area (Å²) >= 11 is 7.90. The molecule has 6 nitrogen and oxygen atoms in total. The molecule has 0 unspecified atom stereocenters. The van der Waals surface area contributed by atoms with E-state index in [1.54, 1.807) is 18.6 Å². The van der Waals surface area contributed by atoms with Crippen LogP contribution in [0.25, 0.3) is 0 Å². The molecule has 1 saturated carbocycles. The fraction of sp³-hybridized carbons (Fsp3) is 0.364. The van der Waals surface area contributed by atoms with E-state index in [1.165, 1.54) is 30.6 Å². The molecule has 1 aliphatic rings. The molecule has 0 aliphatic heterocycles. The second-order valence-corrected chi connectivity index (χ2v) is 8.90. The first-order valence-corrected chi connectivity index (χ1v) is 11.4. The molecule has 156 valence electrons. The average molecular weight is 442 g/mol. The van der Waals surface area contributed by atoms with Crippen molar-refractivity contribution in [3.05, 3.63) is 63.5 Å². The first kappa shape index (κ1) is 20.8. The Bertz CT molecular complexity index is 987. The number of aromatic nitrogens is 3. The Kier molecular flexibility index (Phi) is 6.59. The summed E-state index contributed by atoms with van der Waals surface area (Å²) in [6, 6.07) is 5.63. The molecular formula is C22H24ClN5OS. The third-order valence-electron chi connectivity index (χ3n) is 5.43. The Morgan fingerprint density at radius 1 is 1.17 bits per heavy atom. The molecule has 1 atom stereocenters. The van der Waals surface area contributed by atoms with Crippen molar-refractivity contribution in [1.29, 1.82) is 0 Å². The minimum Gasteiger partial charge on any atom is -0.343 e. The van der Waals surface area contributed by atoms with Crippen LogP contribution in [0.4, 0.5) is 11.5 Å². The quantitative estimate of drug-likeness (QED) is 0.513. The average Bonchev–Trinajstić information content (AvgIpc) is 3.31. The number of nitrogens with one attached hydrogen (secondary N) is 2. The van der Waals surface area contributed by atoms with E-state index in [-0.39, 0.29) is 11.9 Å².